The Kier molecular flexibility index (Phi) is 5.54. The maximum atomic E-state index is 5.25. The summed E-state index contributed by atoms with van der Waals surface area (Å²) in [5.74, 6) is 0.733. The maximum Gasteiger partial charge on any atom is 0.161 e. The van der Waals surface area contributed by atoms with E-state index in [-0.39, 0.29) is 0 Å². The molecule has 1 aliphatic rings. The molecule has 44 heavy (non-hydrogen) atoms. The van der Waals surface area contributed by atoms with Gasteiger partial charge in [0.15, 0.2) is 5.82 Å². The summed E-state index contributed by atoms with van der Waals surface area (Å²) in [5, 5.41) is 4.94. The Morgan fingerprint density at radius 2 is 0.909 bits per heavy atom. The number of nitrogens with zero attached hydrogens (tertiary/aromatic N) is 2. The summed E-state index contributed by atoms with van der Waals surface area (Å²) in [6.07, 6.45) is 0. The summed E-state index contributed by atoms with van der Waals surface area (Å²) in [4.78, 5) is 10.4. The van der Waals surface area contributed by atoms with Crippen LogP contribution in [-0.2, 0) is 0 Å². The van der Waals surface area contributed by atoms with Crippen LogP contribution in [-0.4, -0.2) is 9.97 Å². The molecule has 204 valence electrons. The summed E-state index contributed by atoms with van der Waals surface area (Å²) in [6, 6.07) is 56.1. The van der Waals surface area contributed by atoms with E-state index in [0.717, 1.165) is 39.5 Å². The van der Waals surface area contributed by atoms with Gasteiger partial charge in [-0.25, -0.2) is 9.97 Å². The number of fused-ring (bicyclic) bond motifs is 4. The van der Waals surface area contributed by atoms with Crippen LogP contribution < -0.4 is 0 Å². The molecule has 0 N–H and O–H groups in total. The lowest BCUT2D eigenvalue weighted by atomic mass is 9.97. The van der Waals surface area contributed by atoms with E-state index in [9.17, 15) is 0 Å². The molecule has 0 unspecified atom stereocenters. The molecule has 9 rings (SSSR count). The molecule has 0 bridgehead atoms. The fourth-order valence-corrected chi connectivity index (χ4v) is 6.70. The third-order valence-corrected chi connectivity index (χ3v) is 8.83. The van der Waals surface area contributed by atoms with Crippen molar-refractivity contribution in [1.82, 2.24) is 9.97 Å². The van der Waals surface area contributed by atoms with Crippen molar-refractivity contribution in [2.45, 2.75) is 0 Å². The van der Waals surface area contributed by atoms with Gasteiger partial charge in [0.05, 0.1) is 11.4 Å². The molecule has 0 aliphatic heterocycles. The Bertz CT molecular complexity index is 2360. The molecule has 1 heterocycles. The van der Waals surface area contributed by atoms with Crippen LogP contribution in [0.3, 0.4) is 0 Å². The van der Waals surface area contributed by atoms with Crippen LogP contribution in [0.4, 0.5) is 0 Å². The van der Waals surface area contributed by atoms with Crippen molar-refractivity contribution < 1.29 is 0 Å². The minimum atomic E-state index is 0.733. The van der Waals surface area contributed by atoms with Crippen molar-refractivity contribution >= 4 is 21.5 Å². The quantitative estimate of drug-likeness (QED) is 0.215. The fraction of sp³-hybridized carbons (Fsp3) is 0. The highest BCUT2D eigenvalue weighted by molar-refractivity contribution is 6.18. The second kappa shape index (κ2) is 9.86. The molecule has 0 fully saturated rings. The smallest absolute Gasteiger partial charge is 0.161 e. The van der Waals surface area contributed by atoms with E-state index in [0.29, 0.717) is 0 Å². The zero-order valence-corrected chi connectivity index (χ0v) is 23.9. The van der Waals surface area contributed by atoms with Crippen LogP contribution in [0.1, 0.15) is 0 Å². The van der Waals surface area contributed by atoms with Gasteiger partial charge in [-0.05, 0) is 79.2 Å². The highest BCUT2D eigenvalue weighted by Crippen LogP contribution is 2.49. The zero-order valence-electron chi connectivity index (χ0n) is 23.9. The molecule has 0 saturated carbocycles. The van der Waals surface area contributed by atoms with E-state index in [2.05, 4.69) is 152 Å². The molecule has 0 spiro atoms. The molecule has 8 aromatic rings. The van der Waals surface area contributed by atoms with Crippen LogP contribution in [0.2, 0.25) is 0 Å². The Hall–Kier alpha value is -5.86. The van der Waals surface area contributed by atoms with Crippen molar-refractivity contribution in [3.63, 3.8) is 0 Å². The first-order valence-electron chi connectivity index (χ1n) is 15.0. The van der Waals surface area contributed by atoms with Crippen molar-refractivity contribution in [2.24, 2.45) is 0 Å². The molecular formula is C42H26N2. The van der Waals surface area contributed by atoms with E-state index in [1.54, 1.807) is 0 Å². The lowest BCUT2D eigenvalue weighted by molar-refractivity contribution is 1.19. The molecule has 0 amide bonds. The highest BCUT2D eigenvalue weighted by atomic mass is 14.9. The standard InChI is InChI=1S/C42H26N2/c1-2-11-28(12-3-1)39-26-40(32-15-8-14-30(25-32)31-21-20-27-10-4-5-13-29(27)24-31)44-42(43-39)38-23-22-37-34-17-7-6-16-33(34)35-18-9-19-36(38)41(35)37/h1-26H. The maximum absolute atomic E-state index is 5.25. The van der Waals surface area contributed by atoms with Gasteiger partial charge >= 0.3 is 0 Å². The van der Waals surface area contributed by atoms with E-state index in [4.69, 9.17) is 9.97 Å². The molecular weight excluding hydrogens is 532 g/mol. The van der Waals surface area contributed by atoms with Crippen molar-refractivity contribution in [1.29, 1.82) is 0 Å². The van der Waals surface area contributed by atoms with Gasteiger partial charge < -0.3 is 0 Å². The Morgan fingerprint density at radius 3 is 1.75 bits per heavy atom. The van der Waals surface area contributed by atoms with Gasteiger partial charge in [0, 0.05) is 16.7 Å². The third-order valence-electron chi connectivity index (χ3n) is 8.83. The summed E-state index contributed by atoms with van der Waals surface area (Å²) in [5.41, 5.74) is 12.5. The van der Waals surface area contributed by atoms with Gasteiger partial charge in [-0.2, -0.15) is 0 Å². The van der Waals surface area contributed by atoms with E-state index >= 15 is 0 Å². The predicted octanol–water partition coefficient (Wildman–Crippen LogP) is 11.1. The molecule has 2 heteroatoms. The van der Waals surface area contributed by atoms with Crippen molar-refractivity contribution in [3.8, 4) is 67.3 Å². The van der Waals surface area contributed by atoms with Crippen LogP contribution in [0.25, 0.3) is 88.8 Å². The molecule has 0 saturated heterocycles. The minimum Gasteiger partial charge on any atom is -0.228 e. The third kappa shape index (κ3) is 3.96. The topological polar surface area (TPSA) is 25.8 Å². The highest BCUT2D eigenvalue weighted by Gasteiger charge is 2.23. The number of rotatable bonds is 4. The second-order valence-corrected chi connectivity index (χ2v) is 11.4. The Labute approximate surface area is 256 Å². The van der Waals surface area contributed by atoms with Crippen LogP contribution in [0.15, 0.2) is 158 Å². The predicted molar refractivity (Wildman–Crippen MR) is 183 cm³/mol. The van der Waals surface area contributed by atoms with Crippen molar-refractivity contribution in [2.75, 3.05) is 0 Å². The summed E-state index contributed by atoms with van der Waals surface area (Å²) < 4.78 is 0. The second-order valence-electron chi connectivity index (χ2n) is 11.4. The molecule has 0 radical (unpaired) electrons. The van der Waals surface area contributed by atoms with E-state index in [1.165, 1.54) is 49.4 Å². The van der Waals surface area contributed by atoms with Gasteiger partial charge in [-0.15, -0.1) is 0 Å². The SMILES string of the molecule is c1ccc(-c2cc(-c3cccc(-c4ccc5ccccc5c4)c3)nc(-c3ccc4c5c(cccc35)-c3ccccc3-4)n2)cc1. The molecule has 2 nitrogen and oxygen atoms in total. The summed E-state index contributed by atoms with van der Waals surface area (Å²) in [6.45, 7) is 0. The summed E-state index contributed by atoms with van der Waals surface area (Å²) >= 11 is 0. The Balaban J connectivity index is 1.23. The van der Waals surface area contributed by atoms with Crippen LogP contribution in [0.5, 0.6) is 0 Å². The summed E-state index contributed by atoms with van der Waals surface area (Å²) in [7, 11) is 0. The van der Waals surface area contributed by atoms with Gasteiger partial charge in [-0.3, -0.25) is 0 Å². The van der Waals surface area contributed by atoms with Gasteiger partial charge in [0.1, 0.15) is 0 Å². The lowest BCUT2D eigenvalue weighted by Crippen LogP contribution is -1.97. The van der Waals surface area contributed by atoms with Crippen LogP contribution in [0, 0.1) is 0 Å². The number of hydrogen-bond acceptors (Lipinski definition) is 2. The number of hydrogen-bond donors (Lipinski definition) is 0. The molecule has 0 atom stereocenters. The first kappa shape index (κ1) is 24.7. The first-order valence-corrected chi connectivity index (χ1v) is 15.0. The van der Waals surface area contributed by atoms with Crippen molar-refractivity contribution in [3.05, 3.63) is 158 Å². The van der Waals surface area contributed by atoms with E-state index < -0.39 is 0 Å². The molecule has 1 aromatic heterocycles. The first-order chi connectivity index (χ1) is 21.8. The molecule has 1 aliphatic carbocycles. The minimum absolute atomic E-state index is 0.733. The van der Waals surface area contributed by atoms with Gasteiger partial charge in [0.2, 0.25) is 0 Å². The monoisotopic (exact) mass is 558 g/mol. The van der Waals surface area contributed by atoms with Gasteiger partial charge in [0.25, 0.3) is 0 Å². The van der Waals surface area contributed by atoms with Gasteiger partial charge in [-0.1, -0.05) is 133 Å². The van der Waals surface area contributed by atoms with Crippen LogP contribution >= 0.6 is 0 Å². The number of benzene rings is 7. The van der Waals surface area contributed by atoms with E-state index in [1.807, 2.05) is 6.07 Å². The zero-order chi connectivity index (χ0) is 29.0. The Morgan fingerprint density at radius 1 is 0.318 bits per heavy atom. The largest absolute Gasteiger partial charge is 0.228 e. The fourth-order valence-electron chi connectivity index (χ4n) is 6.70. The average Bonchev–Trinajstić information content (AvgIpc) is 3.43. The molecule has 7 aromatic carbocycles. The normalized spacial score (nSPS) is 11.6. The average molecular weight is 559 g/mol. The number of aromatic nitrogens is 2. The lowest BCUT2D eigenvalue weighted by Gasteiger charge is -2.13.